The molecule has 86 valence electrons. The van der Waals surface area contributed by atoms with E-state index >= 15 is 0 Å². The van der Waals surface area contributed by atoms with Gasteiger partial charge in [-0.25, -0.2) is 0 Å². The summed E-state index contributed by atoms with van der Waals surface area (Å²) < 4.78 is 0. The van der Waals surface area contributed by atoms with Crippen LogP contribution in [0, 0.1) is 0 Å². The van der Waals surface area contributed by atoms with Gasteiger partial charge >= 0.3 is 0 Å². The van der Waals surface area contributed by atoms with Crippen LogP contribution in [0.1, 0.15) is 20.1 Å². The first-order valence-corrected chi connectivity index (χ1v) is 7.45. The quantitative estimate of drug-likeness (QED) is 0.822. The summed E-state index contributed by atoms with van der Waals surface area (Å²) in [5, 5.41) is 0. The van der Waals surface area contributed by atoms with Crippen molar-refractivity contribution in [2.24, 2.45) is 5.73 Å². The van der Waals surface area contributed by atoms with Crippen molar-refractivity contribution in [3.63, 3.8) is 0 Å². The minimum Gasteiger partial charge on any atom is -0.335 e. The molecule has 0 spiro atoms. The third kappa shape index (κ3) is 1.77. The van der Waals surface area contributed by atoms with Gasteiger partial charge in [0.15, 0.2) is 0 Å². The second kappa shape index (κ2) is 4.05. The lowest BCUT2D eigenvalue weighted by molar-refractivity contribution is 0.0613. The molecule has 5 heteroatoms. The number of nitrogens with two attached hydrogens (primary N) is 1. The minimum atomic E-state index is 0.172. The SMILES string of the molecule is NC1CN(C(=O)c2cc3c(s2)CCSC3)C1. The van der Waals surface area contributed by atoms with Crippen LogP contribution in [0.15, 0.2) is 6.07 Å². The maximum absolute atomic E-state index is 12.1. The number of rotatable bonds is 1. The number of carbonyl (C=O) groups is 1. The van der Waals surface area contributed by atoms with E-state index in [9.17, 15) is 4.79 Å². The van der Waals surface area contributed by atoms with Crippen LogP contribution < -0.4 is 5.73 Å². The van der Waals surface area contributed by atoms with Crippen molar-refractivity contribution in [1.82, 2.24) is 4.90 Å². The number of hydrogen-bond acceptors (Lipinski definition) is 4. The molecule has 1 fully saturated rings. The largest absolute Gasteiger partial charge is 0.335 e. The molecule has 3 nitrogen and oxygen atoms in total. The molecule has 2 N–H and O–H groups in total. The Labute approximate surface area is 103 Å². The zero-order valence-corrected chi connectivity index (χ0v) is 10.6. The molecule has 16 heavy (non-hydrogen) atoms. The Kier molecular flexibility index (Phi) is 2.69. The summed E-state index contributed by atoms with van der Waals surface area (Å²) in [5.41, 5.74) is 7.06. The topological polar surface area (TPSA) is 46.3 Å². The predicted octanol–water partition coefficient (Wildman–Crippen LogP) is 1.32. The van der Waals surface area contributed by atoms with Crippen molar-refractivity contribution >= 4 is 29.0 Å². The molecule has 0 unspecified atom stereocenters. The predicted molar refractivity (Wildman–Crippen MR) is 68.1 cm³/mol. The van der Waals surface area contributed by atoms with Crippen LogP contribution in [0.2, 0.25) is 0 Å². The molecule has 3 heterocycles. The highest BCUT2D eigenvalue weighted by molar-refractivity contribution is 7.98. The number of nitrogens with zero attached hydrogens (tertiary/aromatic N) is 1. The third-order valence-corrected chi connectivity index (χ3v) is 5.27. The second-order valence-electron chi connectivity index (χ2n) is 4.33. The van der Waals surface area contributed by atoms with Gasteiger partial charge in [-0.15, -0.1) is 11.3 Å². The highest BCUT2D eigenvalue weighted by Crippen LogP contribution is 2.32. The lowest BCUT2D eigenvalue weighted by Gasteiger charge is -2.36. The van der Waals surface area contributed by atoms with Gasteiger partial charge in [-0.1, -0.05) is 0 Å². The summed E-state index contributed by atoms with van der Waals surface area (Å²) in [7, 11) is 0. The van der Waals surface area contributed by atoms with Crippen molar-refractivity contribution < 1.29 is 4.79 Å². The van der Waals surface area contributed by atoms with Crippen LogP contribution in [0.25, 0.3) is 0 Å². The molecule has 0 radical (unpaired) electrons. The van der Waals surface area contributed by atoms with Gasteiger partial charge in [0.25, 0.3) is 5.91 Å². The molecule has 0 aromatic carbocycles. The number of amides is 1. The number of carbonyl (C=O) groups excluding carboxylic acids is 1. The normalized spacial score (nSPS) is 20.4. The summed E-state index contributed by atoms with van der Waals surface area (Å²) in [6.07, 6.45) is 1.12. The smallest absolute Gasteiger partial charge is 0.264 e. The van der Waals surface area contributed by atoms with Gasteiger partial charge in [-0.2, -0.15) is 11.8 Å². The van der Waals surface area contributed by atoms with E-state index in [0.29, 0.717) is 0 Å². The summed E-state index contributed by atoms with van der Waals surface area (Å²) >= 11 is 3.63. The number of thioether (sulfide) groups is 1. The van der Waals surface area contributed by atoms with Crippen molar-refractivity contribution in [2.75, 3.05) is 18.8 Å². The fraction of sp³-hybridized carbons (Fsp3) is 0.545. The average Bonchev–Trinajstić information content (AvgIpc) is 2.67. The summed E-state index contributed by atoms with van der Waals surface area (Å²) in [6.45, 7) is 1.44. The Morgan fingerprint density at radius 2 is 2.31 bits per heavy atom. The first-order chi connectivity index (χ1) is 7.74. The van der Waals surface area contributed by atoms with E-state index in [1.807, 2.05) is 16.7 Å². The number of hydrogen-bond donors (Lipinski definition) is 1. The van der Waals surface area contributed by atoms with E-state index in [2.05, 4.69) is 6.07 Å². The maximum Gasteiger partial charge on any atom is 0.264 e. The van der Waals surface area contributed by atoms with Gasteiger partial charge in [0, 0.05) is 29.8 Å². The van der Waals surface area contributed by atoms with E-state index in [1.54, 1.807) is 11.3 Å². The fourth-order valence-corrected chi connectivity index (χ4v) is 4.43. The van der Waals surface area contributed by atoms with E-state index in [0.717, 1.165) is 30.1 Å². The lowest BCUT2D eigenvalue weighted by Crippen LogP contribution is -2.57. The molecule has 0 saturated carbocycles. The standard InChI is InChI=1S/C11H14N2OS2/c12-8-4-13(5-8)11(14)10-3-7-6-15-2-1-9(7)16-10/h3,8H,1-2,4-6,12H2. The molecule has 2 aliphatic rings. The number of aryl methyl sites for hydroxylation is 1. The van der Waals surface area contributed by atoms with Gasteiger partial charge in [0.1, 0.15) is 0 Å². The average molecular weight is 254 g/mol. The van der Waals surface area contributed by atoms with Gasteiger partial charge in [-0.3, -0.25) is 4.79 Å². The van der Waals surface area contributed by atoms with E-state index in [1.165, 1.54) is 16.2 Å². The molecule has 3 rings (SSSR count). The van der Waals surface area contributed by atoms with Gasteiger partial charge in [0.05, 0.1) is 4.88 Å². The van der Waals surface area contributed by atoms with E-state index in [-0.39, 0.29) is 11.9 Å². The summed E-state index contributed by atoms with van der Waals surface area (Å²) in [6, 6.07) is 2.27. The number of thiophene rings is 1. The van der Waals surface area contributed by atoms with Crippen LogP contribution in [-0.2, 0) is 12.2 Å². The Hall–Kier alpha value is -0.520. The molecular weight excluding hydrogens is 240 g/mol. The van der Waals surface area contributed by atoms with Crippen molar-refractivity contribution in [3.05, 3.63) is 21.4 Å². The highest BCUT2D eigenvalue weighted by Gasteiger charge is 2.30. The monoisotopic (exact) mass is 254 g/mol. The Bertz CT molecular complexity index is 400. The molecule has 0 bridgehead atoms. The Morgan fingerprint density at radius 1 is 1.50 bits per heavy atom. The van der Waals surface area contributed by atoms with Gasteiger partial charge < -0.3 is 10.6 Å². The van der Waals surface area contributed by atoms with E-state index in [4.69, 9.17) is 5.73 Å². The van der Waals surface area contributed by atoms with Crippen LogP contribution in [0.4, 0.5) is 0 Å². The molecule has 0 aliphatic carbocycles. The van der Waals surface area contributed by atoms with Crippen LogP contribution in [0.5, 0.6) is 0 Å². The van der Waals surface area contributed by atoms with Crippen LogP contribution in [0.3, 0.4) is 0 Å². The Morgan fingerprint density at radius 3 is 3.00 bits per heavy atom. The van der Waals surface area contributed by atoms with Crippen LogP contribution in [-0.4, -0.2) is 35.7 Å². The minimum absolute atomic E-state index is 0.172. The van der Waals surface area contributed by atoms with Crippen LogP contribution >= 0.6 is 23.1 Å². The number of fused-ring (bicyclic) bond motifs is 1. The fourth-order valence-electron chi connectivity index (χ4n) is 2.09. The third-order valence-electron chi connectivity index (χ3n) is 3.04. The van der Waals surface area contributed by atoms with E-state index < -0.39 is 0 Å². The number of likely N-dealkylation sites (tertiary alicyclic amines) is 1. The van der Waals surface area contributed by atoms with Gasteiger partial charge in [-0.05, 0) is 23.8 Å². The molecule has 0 atom stereocenters. The molecular formula is C11H14N2OS2. The van der Waals surface area contributed by atoms with Crippen molar-refractivity contribution in [3.8, 4) is 0 Å². The molecule has 2 aliphatic heterocycles. The molecule has 1 aromatic rings. The maximum atomic E-state index is 12.1. The lowest BCUT2D eigenvalue weighted by atomic mass is 10.1. The zero-order chi connectivity index (χ0) is 11.1. The van der Waals surface area contributed by atoms with Crippen molar-refractivity contribution in [1.29, 1.82) is 0 Å². The highest BCUT2D eigenvalue weighted by atomic mass is 32.2. The molecule has 1 amide bonds. The molecule has 1 aromatic heterocycles. The second-order valence-corrected chi connectivity index (χ2v) is 6.57. The zero-order valence-electron chi connectivity index (χ0n) is 8.94. The first kappa shape index (κ1) is 10.6. The summed E-state index contributed by atoms with van der Waals surface area (Å²) in [4.78, 5) is 16.2. The van der Waals surface area contributed by atoms with Gasteiger partial charge in [0.2, 0.25) is 0 Å². The first-order valence-electron chi connectivity index (χ1n) is 5.48. The Balaban J connectivity index is 1.79. The molecule has 1 saturated heterocycles. The van der Waals surface area contributed by atoms with Crippen molar-refractivity contribution in [2.45, 2.75) is 18.2 Å². The summed E-state index contributed by atoms with van der Waals surface area (Å²) in [5.74, 6) is 2.43.